The van der Waals surface area contributed by atoms with Gasteiger partial charge in [-0.3, -0.25) is 0 Å². The summed E-state index contributed by atoms with van der Waals surface area (Å²) in [5.74, 6) is -1.12. The van der Waals surface area contributed by atoms with Crippen LogP contribution in [0.2, 0.25) is 0 Å². The number of carboxylic acid groups (broad SMARTS) is 2. The predicted molar refractivity (Wildman–Crippen MR) is 105 cm³/mol. The molecule has 1 rings (SSSR count). The summed E-state index contributed by atoms with van der Waals surface area (Å²) in [5, 5.41) is 18.2. The molecule has 7 heteroatoms. The van der Waals surface area contributed by atoms with Gasteiger partial charge in [0.05, 0.1) is 6.54 Å². The van der Waals surface area contributed by atoms with Crippen molar-refractivity contribution in [1.82, 2.24) is 0 Å². The van der Waals surface area contributed by atoms with E-state index in [0.29, 0.717) is 13.1 Å². The first-order valence-electron chi connectivity index (χ1n) is 10.4. The molecule has 0 aromatic heterocycles. The molecule has 1 heterocycles. The maximum Gasteiger partial charge on any atom is 0.359 e. The normalized spacial score (nSPS) is 20.4. The van der Waals surface area contributed by atoms with E-state index in [1.807, 2.05) is 0 Å². The van der Waals surface area contributed by atoms with Crippen LogP contribution < -0.4 is 0 Å². The molecule has 27 heavy (non-hydrogen) atoms. The molecular weight excluding hydrogens is 348 g/mol. The summed E-state index contributed by atoms with van der Waals surface area (Å²) in [4.78, 5) is 26.8. The molecule has 0 aliphatic carbocycles. The SMILES string of the molecule is CCCCCCCCCCCC1=NCC[N+]1(CC(=O)O)C(C)OCC(=O)O. The van der Waals surface area contributed by atoms with E-state index in [2.05, 4.69) is 11.9 Å². The Morgan fingerprint density at radius 2 is 1.63 bits per heavy atom. The van der Waals surface area contributed by atoms with Crippen molar-refractivity contribution in [3.05, 3.63) is 0 Å². The summed E-state index contributed by atoms with van der Waals surface area (Å²) in [5.41, 5.74) is 0. The number of aliphatic carboxylic acids is 2. The van der Waals surface area contributed by atoms with Crippen molar-refractivity contribution >= 4 is 17.8 Å². The minimum Gasteiger partial charge on any atom is -0.480 e. The van der Waals surface area contributed by atoms with Gasteiger partial charge >= 0.3 is 11.9 Å². The third-order valence-electron chi connectivity index (χ3n) is 5.37. The van der Waals surface area contributed by atoms with Crippen LogP contribution in [0.15, 0.2) is 4.99 Å². The average Bonchev–Trinajstić information content (AvgIpc) is 3.01. The lowest BCUT2D eigenvalue weighted by Crippen LogP contribution is -2.60. The second kappa shape index (κ2) is 12.8. The van der Waals surface area contributed by atoms with Gasteiger partial charge in [-0.05, 0) is 6.42 Å². The van der Waals surface area contributed by atoms with E-state index in [4.69, 9.17) is 9.84 Å². The molecule has 0 saturated heterocycles. The Labute approximate surface area is 163 Å². The minimum atomic E-state index is -1.05. The number of hydrogen-bond donors (Lipinski definition) is 2. The van der Waals surface area contributed by atoms with Crippen molar-refractivity contribution in [1.29, 1.82) is 0 Å². The fourth-order valence-electron chi connectivity index (χ4n) is 3.79. The minimum absolute atomic E-state index is 0.114. The standard InChI is InChI=1S/C20H36N2O5/c1-3-4-5-6-7-8-9-10-11-12-18-21-13-14-22(18,15-19(23)24)17(2)27-16-20(25)26/h17H,3-16H2,1-2H3,(H-,23,24,25,26)/p+1. The Kier molecular flexibility index (Phi) is 11.2. The molecule has 0 amide bonds. The number of nitrogens with zero attached hydrogens (tertiary/aromatic N) is 2. The molecule has 0 saturated carbocycles. The molecule has 0 bridgehead atoms. The Hall–Kier alpha value is -1.47. The lowest BCUT2D eigenvalue weighted by molar-refractivity contribution is -0.878. The van der Waals surface area contributed by atoms with Crippen molar-refractivity contribution in [3.8, 4) is 0 Å². The molecular formula is C20H37N2O5+. The largest absolute Gasteiger partial charge is 0.480 e. The van der Waals surface area contributed by atoms with Crippen LogP contribution in [-0.4, -0.2) is 64.9 Å². The van der Waals surface area contributed by atoms with Crippen LogP contribution >= 0.6 is 0 Å². The monoisotopic (exact) mass is 385 g/mol. The van der Waals surface area contributed by atoms with Gasteiger partial charge < -0.3 is 14.9 Å². The lowest BCUT2D eigenvalue weighted by atomic mass is 10.1. The highest BCUT2D eigenvalue weighted by molar-refractivity contribution is 5.80. The predicted octanol–water partition coefficient (Wildman–Crippen LogP) is 3.67. The van der Waals surface area contributed by atoms with Crippen LogP contribution in [-0.2, 0) is 14.3 Å². The number of carbonyl (C=O) groups is 2. The van der Waals surface area contributed by atoms with Gasteiger partial charge in [-0.25, -0.2) is 19.1 Å². The summed E-state index contributed by atoms with van der Waals surface area (Å²) in [6.07, 6.45) is 11.3. The summed E-state index contributed by atoms with van der Waals surface area (Å²) in [6.45, 7) is 4.56. The number of aliphatic imine (C=N–C) groups is 1. The van der Waals surface area contributed by atoms with E-state index < -0.39 is 24.8 Å². The first-order valence-corrected chi connectivity index (χ1v) is 10.4. The lowest BCUT2D eigenvalue weighted by Gasteiger charge is -2.38. The zero-order chi connectivity index (χ0) is 20.1. The Morgan fingerprint density at radius 3 is 2.19 bits per heavy atom. The number of quaternary nitrogens is 1. The van der Waals surface area contributed by atoms with Gasteiger partial charge in [-0.15, -0.1) is 0 Å². The van der Waals surface area contributed by atoms with Gasteiger partial charge in [0, 0.05) is 13.3 Å². The Morgan fingerprint density at radius 1 is 1.04 bits per heavy atom. The second-order valence-electron chi connectivity index (χ2n) is 7.49. The maximum atomic E-state index is 11.4. The second-order valence-corrected chi connectivity index (χ2v) is 7.49. The number of amidine groups is 1. The van der Waals surface area contributed by atoms with Crippen LogP contribution in [0.3, 0.4) is 0 Å². The van der Waals surface area contributed by atoms with Crippen molar-refractivity contribution in [2.75, 3.05) is 26.2 Å². The van der Waals surface area contributed by atoms with Crippen LogP contribution in [0.1, 0.15) is 78.1 Å². The van der Waals surface area contributed by atoms with Crippen LogP contribution in [0.5, 0.6) is 0 Å². The molecule has 2 N–H and O–H groups in total. The number of carboxylic acids is 2. The molecule has 0 spiro atoms. The molecule has 1 aliphatic heterocycles. The average molecular weight is 386 g/mol. The van der Waals surface area contributed by atoms with Crippen molar-refractivity contribution in [2.24, 2.45) is 4.99 Å². The summed E-state index contributed by atoms with van der Waals surface area (Å²) in [7, 11) is 0. The first-order chi connectivity index (χ1) is 12.9. The Balaban J connectivity index is 2.46. The van der Waals surface area contributed by atoms with Crippen molar-refractivity contribution < 1.29 is 29.0 Å². The number of hydrogen-bond acceptors (Lipinski definition) is 4. The third kappa shape index (κ3) is 8.39. The first kappa shape index (κ1) is 23.6. The van der Waals surface area contributed by atoms with Crippen LogP contribution in [0, 0.1) is 0 Å². The van der Waals surface area contributed by atoms with Gasteiger partial charge in [0.2, 0.25) is 5.84 Å². The quantitative estimate of drug-likeness (QED) is 0.312. The van der Waals surface area contributed by atoms with Crippen LogP contribution in [0.4, 0.5) is 0 Å². The topological polar surface area (TPSA) is 96.2 Å². The van der Waals surface area contributed by atoms with E-state index in [1.165, 1.54) is 44.9 Å². The van der Waals surface area contributed by atoms with Gasteiger partial charge in [-0.2, -0.15) is 0 Å². The van der Waals surface area contributed by atoms with E-state index in [9.17, 15) is 14.7 Å². The van der Waals surface area contributed by atoms with Gasteiger partial charge in [0.1, 0.15) is 6.54 Å². The molecule has 156 valence electrons. The smallest absolute Gasteiger partial charge is 0.359 e. The zero-order valence-electron chi connectivity index (χ0n) is 17.0. The highest BCUT2D eigenvalue weighted by Crippen LogP contribution is 2.25. The highest BCUT2D eigenvalue weighted by Gasteiger charge is 2.45. The number of rotatable bonds is 16. The summed E-state index contributed by atoms with van der Waals surface area (Å²) < 4.78 is 5.57. The molecule has 7 nitrogen and oxygen atoms in total. The number of unbranched alkanes of at least 4 members (excludes halogenated alkanes) is 8. The fraction of sp³-hybridized carbons (Fsp3) is 0.850. The van der Waals surface area contributed by atoms with E-state index in [-0.39, 0.29) is 11.0 Å². The van der Waals surface area contributed by atoms with Gasteiger partial charge in [0.25, 0.3) is 0 Å². The number of ether oxygens (including phenoxy) is 1. The Bertz CT molecular complexity index is 495. The van der Waals surface area contributed by atoms with Gasteiger partial charge in [-0.1, -0.05) is 58.3 Å². The van der Waals surface area contributed by atoms with E-state index in [1.54, 1.807) is 6.92 Å². The third-order valence-corrected chi connectivity index (χ3v) is 5.37. The molecule has 1 aliphatic rings. The molecule has 0 aromatic rings. The fourth-order valence-corrected chi connectivity index (χ4v) is 3.79. The molecule has 0 radical (unpaired) electrons. The molecule has 2 atom stereocenters. The highest BCUT2D eigenvalue weighted by atomic mass is 16.5. The van der Waals surface area contributed by atoms with Crippen molar-refractivity contribution in [2.45, 2.75) is 84.3 Å². The molecule has 0 aromatic carbocycles. The van der Waals surface area contributed by atoms with Crippen molar-refractivity contribution in [3.63, 3.8) is 0 Å². The van der Waals surface area contributed by atoms with Crippen LogP contribution in [0.25, 0.3) is 0 Å². The summed E-state index contributed by atoms with van der Waals surface area (Å²) in [6, 6.07) is 0. The zero-order valence-corrected chi connectivity index (χ0v) is 17.0. The molecule has 2 unspecified atom stereocenters. The van der Waals surface area contributed by atoms with E-state index in [0.717, 1.165) is 25.1 Å². The summed E-state index contributed by atoms with van der Waals surface area (Å²) >= 11 is 0. The van der Waals surface area contributed by atoms with Gasteiger partial charge in [0.15, 0.2) is 19.4 Å². The maximum absolute atomic E-state index is 11.4. The van der Waals surface area contributed by atoms with E-state index >= 15 is 0 Å². The molecule has 0 fully saturated rings.